The van der Waals surface area contributed by atoms with Crippen LogP contribution < -0.4 is 4.74 Å². The molecule has 1 aromatic carbocycles. The normalized spacial score (nSPS) is 15.8. The highest BCUT2D eigenvalue weighted by Gasteiger charge is 2.12. The monoisotopic (exact) mass is 311 g/mol. The Kier molecular flexibility index (Phi) is 3.87. The molecule has 0 saturated carbocycles. The number of benzene rings is 1. The second-order valence-electron chi connectivity index (χ2n) is 5.43. The zero-order valence-corrected chi connectivity index (χ0v) is 12.6. The Hall–Kier alpha value is -2.51. The number of hydrogen-bond donors (Lipinski definition) is 1. The van der Waals surface area contributed by atoms with Crippen LogP contribution in [0.25, 0.3) is 11.0 Å². The van der Waals surface area contributed by atoms with E-state index in [1.807, 2.05) is 30.3 Å². The molecule has 3 aromatic rings. The van der Waals surface area contributed by atoms with Crippen LogP contribution in [-0.2, 0) is 11.3 Å². The van der Waals surface area contributed by atoms with Gasteiger partial charge in [-0.1, -0.05) is 0 Å². The van der Waals surface area contributed by atoms with Gasteiger partial charge < -0.3 is 14.5 Å². The lowest BCUT2D eigenvalue weighted by Crippen LogP contribution is -2.35. The molecule has 118 valence electrons. The molecule has 3 heterocycles. The van der Waals surface area contributed by atoms with Crippen molar-refractivity contribution >= 4 is 11.0 Å². The van der Waals surface area contributed by atoms with Crippen molar-refractivity contribution in [3.8, 4) is 11.6 Å². The van der Waals surface area contributed by atoms with Gasteiger partial charge >= 0.3 is 0 Å². The summed E-state index contributed by atoms with van der Waals surface area (Å²) < 4.78 is 11.1. The van der Waals surface area contributed by atoms with Gasteiger partial charge in [-0.25, -0.2) is 4.98 Å². The van der Waals surface area contributed by atoms with Gasteiger partial charge in [0.15, 0.2) is 0 Å². The number of fused-ring (bicyclic) bond motifs is 1. The lowest BCUT2D eigenvalue weighted by Gasteiger charge is -2.25. The molecule has 1 fully saturated rings. The van der Waals surface area contributed by atoms with Crippen molar-refractivity contribution < 1.29 is 9.47 Å². The molecule has 0 bridgehead atoms. The number of nitrogens with one attached hydrogen (secondary N) is 1. The van der Waals surface area contributed by atoms with Gasteiger partial charge in [0.2, 0.25) is 5.88 Å². The third-order valence-electron chi connectivity index (χ3n) is 3.80. The summed E-state index contributed by atoms with van der Waals surface area (Å²) in [7, 11) is 0. The van der Waals surface area contributed by atoms with Crippen molar-refractivity contribution in [2.75, 3.05) is 26.3 Å². The van der Waals surface area contributed by atoms with E-state index in [2.05, 4.69) is 25.1 Å². The number of aromatic nitrogens is 4. The molecule has 1 saturated heterocycles. The molecule has 1 aliphatic heterocycles. The van der Waals surface area contributed by atoms with E-state index in [0.717, 1.165) is 49.6 Å². The average Bonchev–Trinajstić information content (AvgIpc) is 3.05. The van der Waals surface area contributed by atoms with Crippen LogP contribution in [0.5, 0.6) is 11.6 Å². The summed E-state index contributed by atoms with van der Waals surface area (Å²) in [6.07, 6.45) is 1.66. The van der Waals surface area contributed by atoms with Crippen molar-refractivity contribution in [3.05, 3.63) is 42.4 Å². The molecular formula is C16H17N5O2. The zero-order chi connectivity index (χ0) is 15.5. The Morgan fingerprint density at radius 2 is 2.04 bits per heavy atom. The minimum atomic E-state index is 0.477. The maximum absolute atomic E-state index is 5.74. The Morgan fingerprint density at radius 1 is 1.13 bits per heavy atom. The van der Waals surface area contributed by atoms with Gasteiger partial charge in [-0.3, -0.25) is 4.90 Å². The number of imidazole rings is 1. The van der Waals surface area contributed by atoms with Gasteiger partial charge in [0.25, 0.3) is 0 Å². The SMILES string of the molecule is c1nc2cc(Oc3ccc(CN4CCOCC4)nn3)ccc2[nH]1. The first-order valence-corrected chi connectivity index (χ1v) is 7.60. The van der Waals surface area contributed by atoms with Gasteiger partial charge in [0.05, 0.1) is 36.3 Å². The summed E-state index contributed by atoms with van der Waals surface area (Å²) in [5.74, 6) is 1.17. The smallest absolute Gasteiger partial charge is 0.238 e. The van der Waals surface area contributed by atoms with Crippen LogP contribution in [0.3, 0.4) is 0 Å². The number of morpholine rings is 1. The number of aromatic amines is 1. The summed E-state index contributed by atoms with van der Waals surface area (Å²) in [5, 5.41) is 8.39. The molecule has 7 nitrogen and oxygen atoms in total. The highest BCUT2D eigenvalue weighted by Crippen LogP contribution is 2.22. The third kappa shape index (κ3) is 3.30. The minimum absolute atomic E-state index is 0.477. The number of ether oxygens (including phenoxy) is 2. The largest absolute Gasteiger partial charge is 0.437 e. The Bertz CT molecular complexity index is 781. The fourth-order valence-electron chi connectivity index (χ4n) is 2.57. The summed E-state index contributed by atoms with van der Waals surface area (Å²) in [5.41, 5.74) is 2.77. The Labute approximate surface area is 133 Å². The van der Waals surface area contributed by atoms with Crippen LogP contribution in [0.1, 0.15) is 5.69 Å². The van der Waals surface area contributed by atoms with Crippen LogP contribution in [-0.4, -0.2) is 51.4 Å². The lowest BCUT2D eigenvalue weighted by atomic mass is 10.3. The summed E-state index contributed by atoms with van der Waals surface area (Å²) in [4.78, 5) is 9.57. The molecule has 0 radical (unpaired) electrons. The number of nitrogens with zero attached hydrogens (tertiary/aromatic N) is 4. The van der Waals surface area contributed by atoms with E-state index in [1.54, 1.807) is 6.33 Å². The van der Waals surface area contributed by atoms with Crippen LogP contribution in [0, 0.1) is 0 Å². The quantitative estimate of drug-likeness (QED) is 0.794. The Balaban J connectivity index is 1.42. The molecule has 0 spiro atoms. The lowest BCUT2D eigenvalue weighted by molar-refractivity contribution is 0.0335. The van der Waals surface area contributed by atoms with Crippen molar-refractivity contribution in [2.45, 2.75) is 6.54 Å². The van der Waals surface area contributed by atoms with E-state index in [0.29, 0.717) is 11.6 Å². The predicted molar refractivity (Wildman–Crippen MR) is 84.3 cm³/mol. The average molecular weight is 311 g/mol. The molecule has 0 aliphatic carbocycles. The molecule has 0 atom stereocenters. The summed E-state index contributed by atoms with van der Waals surface area (Å²) in [6.45, 7) is 4.22. The molecule has 0 unspecified atom stereocenters. The Morgan fingerprint density at radius 3 is 2.87 bits per heavy atom. The molecular weight excluding hydrogens is 294 g/mol. The van der Waals surface area contributed by atoms with E-state index in [9.17, 15) is 0 Å². The van der Waals surface area contributed by atoms with Crippen molar-refractivity contribution in [3.63, 3.8) is 0 Å². The third-order valence-corrected chi connectivity index (χ3v) is 3.80. The van der Waals surface area contributed by atoms with Crippen LogP contribution >= 0.6 is 0 Å². The van der Waals surface area contributed by atoms with Gasteiger partial charge in [0.1, 0.15) is 5.75 Å². The number of hydrogen-bond acceptors (Lipinski definition) is 6. The van der Waals surface area contributed by atoms with Crippen LogP contribution in [0.4, 0.5) is 0 Å². The summed E-state index contributed by atoms with van der Waals surface area (Å²) >= 11 is 0. The second kappa shape index (κ2) is 6.31. The van der Waals surface area contributed by atoms with Gasteiger partial charge in [-0.05, 0) is 18.2 Å². The first kappa shape index (κ1) is 14.1. The van der Waals surface area contributed by atoms with E-state index < -0.39 is 0 Å². The fourth-order valence-corrected chi connectivity index (χ4v) is 2.57. The summed E-state index contributed by atoms with van der Waals surface area (Å²) in [6, 6.07) is 9.47. The minimum Gasteiger partial charge on any atom is -0.437 e. The highest BCUT2D eigenvalue weighted by atomic mass is 16.5. The van der Waals surface area contributed by atoms with Gasteiger partial charge in [-0.15, -0.1) is 5.10 Å². The molecule has 7 heteroatoms. The first-order valence-electron chi connectivity index (χ1n) is 7.60. The molecule has 1 N–H and O–H groups in total. The second-order valence-corrected chi connectivity index (χ2v) is 5.43. The van der Waals surface area contributed by atoms with E-state index in [4.69, 9.17) is 9.47 Å². The first-order chi connectivity index (χ1) is 11.4. The molecule has 4 rings (SSSR count). The topological polar surface area (TPSA) is 76.2 Å². The van der Waals surface area contributed by atoms with Crippen LogP contribution in [0.2, 0.25) is 0 Å². The maximum atomic E-state index is 5.74. The van der Waals surface area contributed by atoms with Crippen molar-refractivity contribution in [1.82, 2.24) is 25.1 Å². The van der Waals surface area contributed by atoms with Crippen molar-refractivity contribution in [2.24, 2.45) is 0 Å². The standard InChI is InChI=1S/C16H17N5O2/c1-4-16(20-19-12(1)10-21-5-7-22-8-6-21)23-13-2-3-14-15(9-13)18-11-17-14/h1-4,9,11H,5-8,10H2,(H,17,18). The molecule has 1 aliphatic rings. The zero-order valence-electron chi connectivity index (χ0n) is 12.6. The highest BCUT2D eigenvalue weighted by molar-refractivity contribution is 5.76. The van der Waals surface area contributed by atoms with Gasteiger partial charge in [0, 0.05) is 31.8 Å². The van der Waals surface area contributed by atoms with E-state index >= 15 is 0 Å². The number of H-pyrrole nitrogens is 1. The molecule has 23 heavy (non-hydrogen) atoms. The van der Waals surface area contributed by atoms with E-state index in [1.165, 1.54) is 0 Å². The maximum Gasteiger partial charge on any atom is 0.238 e. The molecule has 0 amide bonds. The fraction of sp³-hybridized carbons (Fsp3) is 0.312. The molecule has 2 aromatic heterocycles. The van der Waals surface area contributed by atoms with Gasteiger partial charge in [-0.2, -0.15) is 5.10 Å². The number of rotatable bonds is 4. The van der Waals surface area contributed by atoms with Crippen molar-refractivity contribution in [1.29, 1.82) is 0 Å². The predicted octanol–water partition coefficient (Wildman–Crippen LogP) is 1.98. The van der Waals surface area contributed by atoms with Crippen LogP contribution in [0.15, 0.2) is 36.7 Å². The van der Waals surface area contributed by atoms with E-state index in [-0.39, 0.29) is 0 Å².